The van der Waals surface area contributed by atoms with E-state index in [1.807, 2.05) is 22.3 Å². The number of benzene rings is 1. The van der Waals surface area contributed by atoms with E-state index in [4.69, 9.17) is 11.6 Å². The summed E-state index contributed by atoms with van der Waals surface area (Å²) in [7, 11) is 0. The number of fused-ring (bicyclic) bond motifs is 1. The highest BCUT2D eigenvalue weighted by molar-refractivity contribution is 7.16. The lowest BCUT2D eigenvalue weighted by molar-refractivity contribution is 0.619. The predicted molar refractivity (Wildman–Crippen MR) is 89.2 cm³/mol. The fraction of sp³-hybridized carbons (Fsp3) is 0.333. The topological polar surface area (TPSA) is 42.7 Å². The third-order valence-corrected chi connectivity index (χ3v) is 4.71. The van der Waals surface area contributed by atoms with Crippen molar-refractivity contribution in [2.75, 3.05) is 5.32 Å². The maximum absolute atomic E-state index is 6.42. The molecule has 3 aromatic rings. The Morgan fingerprint density at radius 3 is 2.95 bits per heavy atom. The first kappa shape index (κ1) is 14.4. The molecule has 0 atom stereocenters. The normalized spacial score (nSPS) is 11.2. The standard InChI is InChI=1S/C15H17ClN4S/c1-3-11-15(16)13(20(4-2)19-11)8-17-10-5-6-12-14(7-10)21-9-18-12/h5-7,9,17H,3-4,8H2,1-2H3. The highest BCUT2D eigenvalue weighted by Crippen LogP contribution is 2.25. The van der Waals surface area contributed by atoms with Crippen LogP contribution in [0.15, 0.2) is 23.7 Å². The molecule has 4 nitrogen and oxygen atoms in total. The van der Waals surface area contributed by atoms with Crippen LogP contribution in [0.25, 0.3) is 10.2 Å². The molecule has 0 aliphatic carbocycles. The highest BCUT2D eigenvalue weighted by Gasteiger charge is 2.13. The summed E-state index contributed by atoms with van der Waals surface area (Å²) in [5.74, 6) is 0. The van der Waals surface area contributed by atoms with Crippen molar-refractivity contribution >= 4 is 38.8 Å². The quantitative estimate of drug-likeness (QED) is 0.760. The van der Waals surface area contributed by atoms with E-state index in [-0.39, 0.29) is 0 Å². The highest BCUT2D eigenvalue weighted by atomic mass is 35.5. The molecular formula is C15H17ClN4S. The van der Waals surface area contributed by atoms with Crippen LogP contribution < -0.4 is 5.32 Å². The second kappa shape index (κ2) is 6.03. The van der Waals surface area contributed by atoms with Crippen molar-refractivity contribution in [1.29, 1.82) is 0 Å². The summed E-state index contributed by atoms with van der Waals surface area (Å²) in [6, 6.07) is 6.20. The van der Waals surface area contributed by atoms with Crippen LogP contribution >= 0.6 is 22.9 Å². The van der Waals surface area contributed by atoms with Crippen LogP contribution in [0.4, 0.5) is 5.69 Å². The number of aryl methyl sites for hydroxylation is 2. The van der Waals surface area contributed by atoms with Gasteiger partial charge in [-0.05, 0) is 31.5 Å². The number of anilines is 1. The molecule has 0 amide bonds. The van der Waals surface area contributed by atoms with Crippen LogP contribution in [0.2, 0.25) is 5.02 Å². The number of aromatic nitrogens is 3. The Kier molecular flexibility index (Phi) is 4.12. The molecule has 0 bridgehead atoms. The Balaban J connectivity index is 1.82. The van der Waals surface area contributed by atoms with Gasteiger partial charge < -0.3 is 5.32 Å². The third kappa shape index (κ3) is 2.76. The maximum Gasteiger partial charge on any atom is 0.0868 e. The minimum Gasteiger partial charge on any atom is -0.379 e. The zero-order valence-corrected chi connectivity index (χ0v) is 13.6. The van der Waals surface area contributed by atoms with Gasteiger partial charge in [-0.15, -0.1) is 11.3 Å². The van der Waals surface area contributed by atoms with Gasteiger partial charge in [0.2, 0.25) is 0 Å². The van der Waals surface area contributed by atoms with Crippen LogP contribution in [-0.2, 0) is 19.5 Å². The molecule has 0 spiro atoms. The Hall–Kier alpha value is -1.59. The van der Waals surface area contributed by atoms with Gasteiger partial charge in [0.25, 0.3) is 0 Å². The van der Waals surface area contributed by atoms with Gasteiger partial charge in [0.15, 0.2) is 0 Å². The number of thiazole rings is 1. The molecule has 1 N–H and O–H groups in total. The summed E-state index contributed by atoms with van der Waals surface area (Å²) in [5, 5.41) is 8.75. The molecule has 2 heterocycles. The summed E-state index contributed by atoms with van der Waals surface area (Å²) >= 11 is 8.07. The smallest absolute Gasteiger partial charge is 0.0868 e. The second-order valence-corrected chi connectivity index (χ2v) is 6.03. The molecule has 0 saturated heterocycles. The van der Waals surface area contributed by atoms with E-state index in [0.717, 1.165) is 40.6 Å². The Morgan fingerprint density at radius 1 is 1.33 bits per heavy atom. The van der Waals surface area contributed by atoms with Crippen LogP contribution in [0.1, 0.15) is 25.2 Å². The van der Waals surface area contributed by atoms with Gasteiger partial charge in [-0.25, -0.2) is 4.98 Å². The zero-order valence-electron chi connectivity index (χ0n) is 12.1. The molecule has 0 fully saturated rings. The Bertz CT molecular complexity index is 762. The van der Waals surface area contributed by atoms with Gasteiger partial charge in [0, 0.05) is 12.2 Å². The van der Waals surface area contributed by atoms with Crippen molar-refractivity contribution in [3.8, 4) is 0 Å². The third-order valence-electron chi connectivity index (χ3n) is 3.49. The van der Waals surface area contributed by atoms with Gasteiger partial charge in [0.05, 0.1) is 38.7 Å². The number of halogens is 1. The fourth-order valence-electron chi connectivity index (χ4n) is 2.34. The lowest BCUT2D eigenvalue weighted by Crippen LogP contribution is -2.08. The molecule has 0 unspecified atom stereocenters. The number of rotatable bonds is 5. The summed E-state index contributed by atoms with van der Waals surface area (Å²) in [4.78, 5) is 4.29. The van der Waals surface area contributed by atoms with E-state index in [0.29, 0.717) is 6.54 Å². The molecule has 21 heavy (non-hydrogen) atoms. The van der Waals surface area contributed by atoms with Crippen LogP contribution in [0, 0.1) is 0 Å². The maximum atomic E-state index is 6.42. The molecule has 0 aliphatic heterocycles. The van der Waals surface area contributed by atoms with Crippen molar-refractivity contribution in [3.05, 3.63) is 40.1 Å². The zero-order chi connectivity index (χ0) is 14.8. The molecule has 0 saturated carbocycles. The average molecular weight is 321 g/mol. The average Bonchev–Trinajstić information content (AvgIpc) is 3.08. The molecule has 0 aliphatic rings. The molecule has 2 aromatic heterocycles. The van der Waals surface area contributed by atoms with Crippen molar-refractivity contribution in [2.24, 2.45) is 0 Å². The van der Waals surface area contributed by atoms with Crippen molar-refractivity contribution in [3.63, 3.8) is 0 Å². The molecule has 6 heteroatoms. The van der Waals surface area contributed by atoms with Gasteiger partial charge in [-0.3, -0.25) is 4.68 Å². The summed E-state index contributed by atoms with van der Waals surface area (Å²) in [6.45, 7) is 5.65. The Labute approximate surface area is 132 Å². The predicted octanol–water partition coefficient (Wildman–Crippen LogP) is 4.34. The van der Waals surface area contributed by atoms with Gasteiger partial charge in [-0.2, -0.15) is 5.10 Å². The summed E-state index contributed by atoms with van der Waals surface area (Å²) in [6.07, 6.45) is 0.853. The second-order valence-electron chi connectivity index (χ2n) is 4.77. The number of hydrogen-bond acceptors (Lipinski definition) is 4. The largest absolute Gasteiger partial charge is 0.379 e. The minimum absolute atomic E-state index is 0.671. The van der Waals surface area contributed by atoms with E-state index in [2.05, 4.69) is 35.3 Å². The van der Waals surface area contributed by atoms with Crippen LogP contribution in [0.3, 0.4) is 0 Å². The number of hydrogen-bond donors (Lipinski definition) is 1. The SMILES string of the molecule is CCc1nn(CC)c(CNc2ccc3ncsc3c2)c1Cl. The van der Waals surface area contributed by atoms with E-state index in [1.54, 1.807) is 11.3 Å². The van der Waals surface area contributed by atoms with Crippen molar-refractivity contribution in [2.45, 2.75) is 33.4 Å². The number of nitrogens with one attached hydrogen (secondary N) is 1. The lowest BCUT2D eigenvalue weighted by Gasteiger charge is -2.08. The molecular weight excluding hydrogens is 304 g/mol. The van der Waals surface area contributed by atoms with Gasteiger partial charge in [0.1, 0.15) is 0 Å². The Morgan fingerprint density at radius 2 is 2.19 bits per heavy atom. The van der Waals surface area contributed by atoms with Crippen molar-refractivity contribution in [1.82, 2.24) is 14.8 Å². The van der Waals surface area contributed by atoms with Gasteiger partial charge >= 0.3 is 0 Å². The van der Waals surface area contributed by atoms with E-state index in [9.17, 15) is 0 Å². The van der Waals surface area contributed by atoms with E-state index in [1.165, 1.54) is 4.70 Å². The monoisotopic (exact) mass is 320 g/mol. The first-order valence-corrected chi connectivity index (χ1v) is 8.29. The molecule has 1 aromatic carbocycles. The van der Waals surface area contributed by atoms with Crippen LogP contribution in [0.5, 0.6) is 0 Å². The summed E-state index contributed by atoms with van der Waals surface area (Å²) < 4.78 is 3.16. The molecule has 110 valence electrons. The van der Waals surface area contributed by atoms with E-state index >= 15 is 0 Å². The summed E-state index contributed by atoms with van der Waals surface area (Å²) in [5.41, 5.74) is 5.99. The fourth-order valence-corrected chi connectivity index (χ4v) is 3.39. The van der Waals surface area contributed by atoms with Crippen LogP contribution in [-0.4, -0.2) is 14.8 Å². The molecule has 0 radical (unpaired) electrons. The van der Waals surface area contributed by atoms with E-state index < -0.39 is 0 Å². The minimum atomic E-state index is 0.671. The van der Waals surface area contributed by atoms with Gasteiger partial charge in [-0.1, -0.05) is 18.5 Å². The first-order valence-electron chi connectivity index (χ1n) is 7.04. The lowest BCUT2D eigenvalue weighted by atomic mass is 10.2. The number of nitrogens with zero attached hydrogens (tertiary/aromatic N) is 3. The first-order chi connectivity index (χ1) is 10.2. The molecule has 3 rings (SSSR count). The van der Waals surface area contributed by atoms with Crippen molar-refractivity contribution < 1.29 is 0 Å².